The lowest BCUT2D eigenvalue weighted by molar-refractivity contribution is 0.143. The van der Waals surface area contributed by atoms with Gasteiger partial charge in [-0.3, -0.25) is 0 Å². The zero-order valence-corrected chi connectivity index (χ0v) is 27.7. The largest absolute Gasteiger partial charge is 0.485 e. The number of alkyl halides is 1. The number of ether oxygens (including phenoxy) is 1. The van der Waals surface area contributed by atoms with E-state index in [1.165, 1.54) is 80.8 Å². The van der Waals surface area contributed by atoms with Crippen molar-refractivity contribution in [1.82, 2.24) is 4.90 Å². The average molecular weight is 664 g/mol. The summed E-state index contributed by atoms with van der Waals surface area (Å²) in [5.74, 6) is 4.41. The van der Waals surface area contributed by atoms with E-state index < -0.39 is 0 Å². The molecule has 2 heterocycles. The van der Waals surface area contributed by atoms with Crippen LogP contribution >= 0.6 is 22.6 Å². The molecule has 7 aliphatic rings. The summed E-state index contributed by atoms with van der Waals surface area (Å²) in [5, 5.41) is 0. The van der Waals surface area contributed by atoms with Crippen LogP contribution in [0.2, 0.25) is 0 Å². The number of allylic oxidation sites excluding steroid dienone is 11. The number of unbranched alkanes of at least 4 members (excludes halogenated alkanes) is 1. The molecule has 0 aromatic carbocycles. The molecule has 0 aromatic rings. The first-order valence-corrected chi connectivity index (χ1v) is 18.4. The summed E-state index contributed by atoms with van der Waals surface area (Å²) in [7, 11) is 0. The van der Waals surface area contributed by atoms with Crippen molar-refractivity contribution in [1.29, 1.82) is 0 Å². The summed E-state index contributed by atoms with van der Waals surface area (Å²) in [6.45, 7) is 7.46. The van der Waals surface area contributed by atoms with E-state index in [0.717, 1.165) is 6.42 Å². The van der Waals surface area contributed by atoms with Gasteiger partial charge in [0.25, 0.3) is 0 Å². The fraction of sp³-hybridized carbons (Fsp3) is 0.632. The minimum atomic E-state index is 0.205. The van der Waals surface area contributed by atoms with Gasteiger partial charge in [0.1, 0.15) is 11.9 Å². The highest BCUT2D eigenvalue weighted by atomic mass is 127. The lowest BCUT2D eigenvalue weighted by atomic mass is 9.65. The standard InChI is InChI=1S/C38H50INO/c1-25(13-9-12-20-39)27-22-28(38(3)18-10-4-11-19-38)24-29(23-27)40-32-16-7-5-14-30(32)36-33(40)21-26(2)35-31-15-6-8-17-34(31)41-37(35)36/h4,8,10-11,13,17-18,24,26-28,30-32,34H,5-7,9,12,14-16,19-23H2,1-3H3/b25-13+. The van der Waals surface area contributed by atoms with Crippen LogP contribution in [0.25, 0.3) is 0 Å². The summed E-state index contributed by atoms with van der Waals surface area (Å²) < 4.78 is 8.20. The molecule has 0 aromatic heterocycles. The molecule has 8 atom stereocenters. The normalized spacial score (nSPS) is 39.8. The molecule has 3 heteroatoms. The van der Waals surface area contributed by atoms with Gasteiger partial charge in [-0.2, -0.15) is 0 Å². The second-order valence-electron chi connectivity index (χ2n) is 14.5. The number of nitrogens with zero attached hydrogens (tertiary/aromatic N) is 1. The van der Waals surface area contributed by atoms with Crippen LogP contribution in [-0.4, -0.2) is 21.5 Å². The van der Waals surface area contributed by atoms with Crippen molar-refractivity contribution in [3.63, 3.8) is 0 Å². The molecule has 2 aliphatic heterocycles. The topological polar surface area (TPSA) is 12.5 Å². The number of halogens is 1. The SMILES string of the molecule is C/C(=C\CCCI)C1CC(N2C3=C(C4=C(C(C)C3)C3CCC=CC3O4)C3CCCCC32)=CC(C2(C)C=CC=CC2)C1. The van der Waals surface area contributed by atoms with Gasteiger partial charge in [-0.15, -0.1) is 0 Å². The molecular weight excluding hydrogens is 613 g/mol. The van der Waals surface area contributed by atoms with Crippen LogP contribution in [0.3, 0.4) is 0 Å². The van der Waals surface area contributed by atoms with Crippen molar-refractivity contribution in [2.24, 2.45) is 35.0 Å². The van der Waals surface area contributed by atoms with Gasteiger partial charge in [0.15, 0.2) is 0 Å². The third kappa shape index (κ3) is 4.98. The summed E-state index contributed by atoms with van der Waals surface area (Å²) in [4.78, 5) is 2.95. The van der Waals surface area contributed by atoms with Gasteiger partial charge < -0.3 is 9.64 Å². The third-order valence-corrected chi connectivity index (χ3v) is 12.6. The molecule has 220 valence electrons. The molecule has 0 bridgehead atoms. The van der Waals surface area contributed by atoms with Crippen LogP contribution in [0.1, 0.15) is 97.8 Å². The third-order valence-electron chi connectivity index (χ3n) is 11.9. The minimum absolute atomic E-state index is 0.205. The predicted molar refractivity (Wildman–Crippen MR) is 179 cm³/mol. The molecule has 8 unspecified atom stereocenters. The van der Waals surface area contributed by atoms with Gasteiger partial charge in [-0.25, -0.2) is 0 Å². The summed E-state index contributed by atoms with van der Waals surface area (Å²) in [5.41, 5.74) is 8.46. The molecule has 1 saturated carbocycles. The fourth-order valence-corrected chi connectivity index (χ4v) is 10.1. The van der Waals surface area contributed by atoms with E-state index >= 15 is 0 Å². The van der Waals surface area contributed by atoms with Gasteiger partial charge in [0.2, 0.25) is 0 Å². The molecule has 0 spiro atoms. The Labute approximate surface area is 263 Å². The van der Waals surface area contributed by atoms with Crippen LogP contribution < -0.4 is 0 Å². The van der Waals surface area contributed by atoms with Crippen LogP contribution in [0.5, 0.6) is 0 Å². The molecule has 0 saturated heterocycles. The van der Waals surface area contributed by atoms with Crippen LogP contribution in [0.4, 0.5) is 0 Å². The second kappa shape index (κ2) is 11.5. The molecule has 2 nitrogen and oxygen atoms in total. The summed E-state index contributed by atoms with van der Waals surface area (Å²) in [6, 6.07) is 0.623. The quantitative estimate of drug-likeness (QED) is 0.121. The van der Waals surface area contributed by atoms with Crippen molar-refractivity contribution < 1.29 is 4.74 Å². The Morgan fingerprint density at radius 2 is 2.00 bits per heavy atom. The van der Waals surface area contributed by atoms with Gasteiger partial charge in [-0.05, 0) is 110 Å². The Balaban J connectivity index is 1.29. The molecule has 0 radical (unpaired) electrons. The first kappa shape index (κ1) is 28.3. The number of hydrogen-bond acceptors (Lipinski definition) is 2. The smallest absolute Gasteiger partial charge is 0.125 e. The number of fused-ring (bicyclic) bond motifs is 5. The van der Waals surface area contributed by atoms with Gasteiger partial charge in [0.05, 0.1) is 0 Å². The number of hydrogen-bond donors (Lipinski definition) is 0. The maximum atomic E-state index is 6.95. The van der Waals surface area contributed by atoms with Crippen LogP contribution in [0, 0.1) is 35.0 Å². The highest BCUT2D eigenvalue weighted by Gasteiger charge is 2.52. The zero-order chi connectivity index (χ0) is 28.1. The van der Waals surface area contributed by atoms with E-state index in [2.05, 4.69) is 96.9 Å². The zero-order valence-electron chi connectivity index (χ0n) is 25.6. The van der Waals surface area contributed by atoms with Crippen molar-refractivity contribution in [3.8, 4) is 0 Å². The monoisotopic (exact) mass is 663 g/mol. The summed E-state index contributed by atoms with van der Waals surface area (Å²) in [6.07, 6.45) is 35.1. The first-order chi connectivity index (χ1) is 20.0. The molecular formula is C38H50INO. The molecule has 7 rings (SSSR count). The van der Waals surface area contributed by atoms with Crippen molar-refractivity contribution >= 4 is 22.6 Å². The maximum absolute atomic E-state index is 6.95. The van der Waals surface area contributed by atoms with Gasteiger partial charge in [-0.1, -0.05) is 97.4 Å². The van der Waals surface area contributed by atoms with Crippen LogP contribution in [0.15, 0.2) is 82.5 Å². The molecule has 1 fully saturated rings. The minimum Gasteiger partial charge on any atom is -0.485 e. The Bertz CT molecular complexity index is 1260. The lowest BCUT2D eigenvalue weighted by Crippen LogP contribution is -2.39. The van der Waals surface area contributed by atoms with E-state index in [1.807, 2.05) is 0 Å². The highest BCUT2D eigenvalue weighted by Crippen LogP contribution is 2.58. The lowest BCUT2D eigenvalue weighted by Gasteiger charge is -2.45. The Morgan fingerprint density at radius 3 is 2.83 bits per heavy atom. The Morgan fingerprint density at radius 1 is 1.12 bits per heavy atom. The average Bonchev–Trinajstić information content (AvgIpc) is 3.53. The van der Waals surface area contributed by atoms with E-state index in [9.17, 15) is 0 Å². The number of rotatable bonds is 6. The first-order valence-electron chi connectivity index (χ1n) is 16.9. The predicted octanol–water partition coefficient (Wildman–Crippen LogP) is 10.4. The van der Waals surface area contributed by atoms with Crippen molar-refractivity contribution in [3.05, 3.63) is 82.5 Å². The van der Waals surface area contributed by atoms with E-state index in [-0.39, 0.29) is 11.5 Å². The fourth-order valence-electron chi connectivity index (χ4n) is 9.62. The Hall–Kier alpha value is -1.49. The van der Waals surface area contributed by atoms with Crippen LogP contribution in [-0.2, 0) is 4.74 Å². The van der Waals surface area contributed by atoms with E-state index in [4.69, 9.17) is 4.74 Å². The molecule has 0 amide bonds. The molecule has 5 aliphatic carbocycles. The van der Waals surface area contributed by atoms with Gasteiger partial charge in [0, 0.05) is 34.8 Å². The van der Waals surface area contributed by atoms with Crippen molar-refractivity contribution in [2.45, 2.75) is 110 Å². The maximum Gasteiger partial charge on any atom is 0.125 e. The molecule has 0 N–H and O–H groups in total. The van der Waals surface area contributed by atoms with Crippen molar-refractivity contribution in [2.75, 3.05) is 4.43 Å². The van der Waals surface area contributed by atoms with E-state index in [0.29, 0.717) is 35.6 Å². The second-order valence-corrected chi connectivity index (χ2v) is 15.5. The summed E-state index contributed by atoms with van der Waals surface area (Å²) >= 11 is 2.53. The van der Waals surface area contributed by atoms with E-state index in [1.54, 1.807) is 28.1 Å². The van der Waals surface area contributed by atoms with Gasteiger partial charge >= 0.3 is 0 Å². The highest BCUT2D eigenvalue weighted by molar-refractivity contribution is 14.1. The molecule has 41 heavy (non-hydrogen) atoms. The Kier molecular flexibility index (Phi) is 7.97.